The lowest BCUT2D eigenvalue weighted by atomic mass is 10.5. The van der Waals surface area contributed by atoms with E-state index < -0.39 is 25.7 Å². The van der Waals surface area contributed by atoms with E-state index in [1.165, 1.54) is 12.2 Å². The summed E-state index contributed by atoms with van der Waals surface area (Å²) >= 11 is 0. The Morgan fingerprint density at radius 1 is 1.24 bits per heavy atom. The molecule has 0 heterocycles. The van der Waals surface area contributed by atoms with Crippen molar-refractivity contribution in [3.8, 4) is 0 Å². The Bertz CT molecular complexity index is 330. The Labute approximate surface area is 98.6 Å². The third kappa shape index (κ3) is 11.1. The van der Waals surface area contributed by atoms with Crippen molar-refractivity contribution in [3.63, 3.8) is 0 Å². The van der Waals surface area contributed by atoms with Gasteiger partial charge in [0.15, 0.2) is 0 Å². The number of ether oxygens (including phenoxy) is 2. The Morgan fingerprint density at radius 2 is 1.82 bits per heavy atom. The monoisotopic (exact) mass is 266 g/mol. The van der Waals surface area contributed by atoms with Crippen LogP contribution in [0.4, 0.5) is 0 Å². The van der Waals surface area contributed by atoms with Gasteiger partial charge in [-0.05, 0) is 6.92 Å². The van der Waals surface area contributed by atoms with Crippen LogP contribution in [-0.4, -0.2) is 41.1 Å². The van der Waals surface area contributed by atoms with Crippen LogP contribution < -0.4 is 0 Å². The number of esters is 2. The molecule has 98 valence electrons. The predicted molar refractivity (Wildman–Crippen MR) is 58.3 cm³/mol. The molecule has 2 N–H and O–H groups in total. The second-order valence-electron chi connectivity index (χ2n) is 3.06. The highest BCUT2D eigenvalue weighted by molar-refractivity contribution is 7.52. The number of hydrogen-bond acceptors (Lipinski definition) is 5. The van der Waals surface area contributed by atoms with Gasteiger partial charge in [-0.15, -0.1) is 0 Å². The van der Waals surface area contributed by atoms with Gasteiger partial charge in [0.25, 0.3) is 0 Å². The molecule has 0 saturated heterocycles. The first kappa shape index (κ1) is 15.8. The average Bonchev–Trinajstić information content (AvgIpc) is 2.14. The normalized spacial score (nSPS) is 11.5. The van der Waals surface area contributed by atoms with E-state index in [9.17, 15) is 14.2 Å². The molecule has 0 amide bonds. The maximum atomic E-state index is 10.8. The minimum Gasteiger partial charge on any atom is -0.465 e. The highest BCUT2D eigenvalue weighted by Gasteiger charge is 2.19. The molecular formula is C9H15O7P. The third-order valence-electron chi connectivity index (χ3n) is 1.43. The zero-order valence-corrected chi connectivity index (χ0v) is 10.3. The quantitative estimate of drug-likeness (QED) is 0.293. The summed E-state index contributed by atoms with van der Waals surface area (Å²) in [5, 5.41) is 0. The summed E-state index contributed by atoms with van der Waals surface area (Å²) in [7, 11) is -4.37. The first-order valence-corrected chi connectivity index (χ1v) is 6.64. The van der Waals surface area contributed by atoms with Crippen molar-refractivity contribution in [2.75, 3.05) is 19.4 Å². The summed E-state index contributed by atoms with van der Waals surface area (Å²) < 4.78 is 19.6. The number of rotatable bonds is 7. The molecule has 17 heavy (non-hydrogen) atoms. The maximum Gasteiger partial charge on any atom is 0.336 e. The van der Waals surface area contributed by atoms with Gasteiger partial charge >= 0.3 is 19.5 Å². The van der Waals surface area contributed by atoms with E-state index in [0.29, 0.717) is 0 Å². The number of carbonyl (C=O) groups is 2. The molecule has 0 atom stereocenters. The van der Waals surface area contributed by atoms with Crippen LogP contribution in [-0.2, 0) is 23.6 Å². The average molecular weight is 266 g/mol. The van der Waals surface area contributed by atoms with Crippen molar-refractivity contribution in [1.29, 1.82) is 0 Å². The first-order valence-electron chi connectivity index (χ1n) is 4.85. The van der Waals surface area contributed by atoms with E-state index in [2.05, 4.69) is 4.74 Å². The summed E-state index contributed by atoms with van der Waals surface area (Å²) in [5.41, 5.74) is 0. The van der Waals surface area contributed by atoms with Crippen LogP contribution >= 0.6 is 7.60 Å². The molecule has 0 rings (SSSR count). The smallest absolute Gasteiger partial charge is 0.336 e. The highest BCUT2D eigenvalue weighted by Crippen LogP contribution is 2.33. The van der Waals surface area contributed by atoms with E-state index in [0.717, 1.165) is 0 Å². The summed E-state index contributed by atoms with van der Waals surface area (Å²) in [6.45, 7) is 1.69. The molecule has 0 aromatic heterocycles. The lowest BCUT2D eigenvalue weighted by Crippen LogP contribution is -2.12. The van der Waals surface area contributed by atoms with Crippen LogP contribution in [0.5, 0.6) is 0 Å². The molecule has 0 aliphatic rings. The van der Waals surface area contributed by atoms with Gasteiger partial charge in [0.05, 0.1) is 13.2 Å². The number of hydrogen-bond donors (Lipinski definition) is 2. The highest BCUT2D eigenvalue weighted by atomic mass is 31.2. The van der Waals surface area contributed by atoms with Crippen molar-refractivity contribution in [3.05, 3.63) is 12.2 Å². The second kappa shape index (κ2) is 8.00. The molecule has 0 aromatic rings. The molecular weight excluding hydrogens is 251 g/mol. The van der Waals surface area contributed by atoms with Crippen LogP contribution in [0.25, 0.3) is 0 Å². The van der Waals surface area contributed by atoms with Gasteiger partial charge in [-0.25, -0.2) is 4.79 Å². The number of carbonyl (C=O) groups excluding carboxylic acids is 2. The van der Waals surface area contributed by atoms with E-state index in [1.54, 1.807) is 6.92 Å². The molecule has 0 saturated carbocycles. The zero-order chi connectivity index (χ0) is 13.3. The lowest BCUT2D eigenvalue weighted by molar-refractivity contribution is -0.142. The minimum absolute atomic E-state index is 0.0536. The standard InChI is InChI=1S/C9H15O7P/c1-2-4-8(10)15-5-3-6-16-9(11)7-17(12,13)14/h2,4H,3,5-7H2,1H3,(H2,12,13,14). The van der Waals surface area contributed by atoms with E-state index in [-0.39, 0.29) is 19.6 Å². The van der Waals surface area contributed by atoms with Gasteiger partial charge in [-0.3, -0.25) is 9.36 Å². The van der Waals surface area contributed by atoms with Gasteiger partial charge in [0.1, 0.15) is 6.16 Å². The van der Waals surface area contributed by atoms with Crippen molar-refractivity contribution in [1.82, 2.24) is 0 Å². The summed E-state index contributed by atoms with van der Waals surface area (Å²) in [4.78, 5) is 38.5. The van der Waals surface area contributed by atoms with Crippen LogP contribution in [0.3, 0.4) is 0 Å². The Balaban J connectivity index is 3.56. The van der Waals surface area contributed by atoms with Crippen molar-refractivity contribution >= 4 is 19.5 Å². The zero-order valence-electron chi connectivity index (χ0n) is 9.37. The molecule has 0 aliphatic heterocycles. The third-order valence-corrected chi connectivity index (χ3v) is 2.10. The molecule has 0 fully saturated rings. The first-order chi connectivity index (χ1) is 7.85. The van der Waals surface area contributed by atoms with Gasteiger partial charge in [-0.1, -0.05) is 6.08 Å². The fourth-order valence-electron chi connectivity index (χ4n) is 0.816. The van der Waals surface area contributed by atoms with Gasteiger partial charge in [-0.2, -0.15) is 0 Å². The largest absolute Gasteiger partial charge is 0.465 e. The molecule has 0 spiro atoms. The summed E-state index contributed by atoms with van der Waals surface area (Å²) in [6, 6.07) is 0. The fourth-order valence-corrected chi connectivity index (χ4v) is 1.24. The molecule has 0 aliphatic carbocycles. The molecule has 8 heteroatoms. The van der Waals surface area contributed by atoms with Crippen LogP contribution in [0.2, 0.25) is 0 Å². The fraction of sp³-hybridized carbons (Fsp3) is 0.556. The second-order valence-corrected chi connectivity index (χ2v) is 4.71. The van der Waals surface area contributed by atoms with Gasteiger partial charge < -0.3 is 19.3 Å². The molecule has 0 aromatic carbocycles. The minimum atomic E-state index is -4.37. The summed E-state index contributed by atoms with van der Waals surface area (Å²) in [5.74, 6) is -1.47. The predicted octanol–water partition coefficient (Wildman–Crippen LogP) is 0.217. The van der Waals surface area contributed by atoms with E-state index in [4.69, 9.17) is 14.5 Å². The van der Waals surface area contributed by atoms with E-state index >= 15 is 0 Å². The maximum absolute atomic E-state index is 10.8. The van der Waals surface area contributed by atoms with E-state index in [1.807, 2.05) is 0 Å². The SMILES string of the molecule is CC=CC(=O)OCCCOC(=O)CP(=O)(O)O. The molecule has 0 radical (unpaired) electrons. The Morgan fingerprint density at radius 3 is 2.35 bits per heavy atom. The van der Waals surface area contributed by atoms with Crippen LogP contribution in [0.1, 0.15) is 13.3 Å². The molecule has 0 unspecified atom stereocenters. The van der Waals surface area contributed by atoms with Crippen molar-refractivity contribution < 1.29 is 33.4 Å². The molecule has 7 nitrogen and oxygen atoms in total. The van der Waals surface area contributed by atoms with Crippen LogP contribution in [0, 0.1) is 0 Å². The van der Waals surface area contributed by atoms with Crippen molar-refractivity contribution in [2.24, 2.45) is 0 Å². The van der Waals surface area contributed by atoms with Crippen molar-refractivity contribution in [2.45, 2.75) is 13.3 Å². The topological polar surface area (TPSA) is 110 Å². The van der Waals surface area contributed by atoms with Crippen LogP contribution in [0.15, 0.2) is 12.2 Å². The van der Waals surface area contributed by atoms with Gasteiger partial charge in [0, 0.05) is 12.5 Å². The Hall–Kier alpha value is -1.17. The lowest BCUT2D eigenvalue weighted by Gasteiger charge is -2.05. The van der Waals surface area contributed by atoms with Gasteiger partial charge in [0.2, 0.25) is 0 Å². The number of allylic oxidation sites excluding steroid dienone is 1. The summed E-state index contributed by atoms with van der Waals surface area (Å²) in [6.07, 6.45) is 2.11. The molecule has 0 bridgehead atoms. The Kier molecular flexibility index (Phi) is 7.45.